The molecule has 0 saturated carbocycles. The predicted octanol–water partition coefficient (Wildman–Crippen LogP) is 5.85. The minimum absolute atomic E-state index is 0.00430. The van der Waals surface area contributed by atoms with Crippen molar-refractivity contribution in [2.24, 2.45) is 5.92 Å². The number of hydrogen-bond donors (Lipinski definition) is 1. The SMILES string of the molecule is CCC(C(=O)NCC(C)C)N(Cc1ccc(C)cc1)C(=O)CN(c1ccc(C)cc1)S(=O)(=O)c1ccc(OC)c(Br)c1. The van der Waals surface area contributed by atoms with E-state index >= 15 is 0 Å². The highest BCUT2D eigenvalue weighted by atomic mass is 79.9. The Bertz CT molecular complexity index is 1470. The fourth-order valence-corrected chi connectivity index (χ4v) is 6.54. The molecule has 3 aromatic carbocycles. The quantitative estimate of drug-likeness (QED) is 0.249. The summed E-state index contributed by atoms with van der Waals surface area (Å²) in [6.07, 6.45) is 0.365. The molecule has 0 aliphatic heterocycles. The summed E-state index contributed by atoms with van der Waals surface area (Å²) >= 11 is 3.37. The average Bonchev–Trinajstić information content (AvgIpc) is 2.96. The van der Waals surface area contributed by atoms with E-state index in [0.29, 0.717) is 28.9 Å². The summed E-state index contributed by atoms with van der Waals surface area (Å²) in [4.78, 5) is 29.0. The molecule has 0 saturated heterocycles. The van der Waals surface area contributed by atoms with Crippen LogP contribution in [-0.4, -0.2) is 51.4 Å². The number of benzene rings is 3. The Kier molecular flexibility index (Phi) is 11.6. The summed E-state index contributed by atoms with van der Waals surface area (Å²) in [5, 5.41) is 2.95. The van der Waals surface area contributed by atoms with Crippen LogP contribution in [0.15, 0.2) is 76.1 Å². The van der Waals surface area contributed by atoms with Crippen LogP contribution in [0.25, 0.3) is 0 Å². The summed E-state index contributed by atoms with van der Waals surface area (Å²) in [7, 11) is -2.70. The Morgan fingerprint density at radius 2 is 1.55 bits per heavy atom. The Hall–Kier alpha value is -3.37. The monoisotopic (exact) mass is 657 g/mol. The molecular formula is C32H40BrN3O5S. The Morgan fingerprint density at radius 1 is 0.952 bits per heavy atom. The number of hydrogen-bond acceptors (Lipinski definition) is 5. The van der Waals surface area contributed by atoms with Gasteiger partial charge in [0.1, 0.15) is 18.3 Å². The van der Waals surface area contributed by atoms with Crippen molar-refractivity contribution in [3.8, 4) is 5.75 Å². The number of nitrogens with zero attached hydrogens (tertiary/aromatic N) is 2. The first kappa shape index (κ1) is 33.1. The fraction of sp³-hybridized carbons (Fsp3) is 0.375. The van der Waals surface area contributed by atoms with Crippen LogP contribution in [0.1, 0.15) is 43.9 Å². The standard InChI is InChI=1S/C32H40BrN3O5S/c1-7-29(32(38)34-19-22(2)3)35(20-25-12-8-23(4)9-13-25)31(37)21-36(26-14-10-24(5)11-15-26)42(39,40)27-16-17-30(41-6)28(33)18-27/h8-18,22,29H,7,19-21H2,1-6H3,(H,34,38). The number of sulfonamides is 1. The van der Waals surface area contributed by atoms with E-state index in [-0.39, 0.29) is 23.3 Å². The van der Waals surface area contributed by atoms with Gasteiger partial charge in [-0.15, -0.1) is 0 Å². The molecule has 10 heteroatoms. The van der Waals surface area contributed by atoms with E-state index in [9.17, 15) is 18.0 Å². The summed E-state index contributed by atoms with van der Waals surface area (Å²) in [5.74, 6) is -0.0394. The molecule has 1 unspecified atom stereocenters. The molecule has 3 rings (SSSR count). The Morgan fingerprint density at radius 3 is 2.07 bits per heavy atom. The van der Waals surface area contributed by atoms with Crippen molar-refractivity contribution >= 4 is 43.5 Å². The lowest BCUT2D eigenvalue weighted by Gasteiger charge is -2.33. The number of amides is 2. The second-order valence-corrected chi connectivity index (χ2v) is 13.4. The molecule has 0 spiro atoms. The van der Waals surface area contributed by atoms with Crippen LogP contribution in [0.3, 0.4) is 0 Å². The van der Waals surface area contributed by atoms with Crippen LogP contribution in [-0.2, 0) is 26.2 Å². The van der Waals surface area contributed by atoms with E-state index in [1.165, 1.54) is 24.1 Å². The molecule has 226 valence electrons. The smallest absolute Gasteiger partial charge is 0.264 e. The first-order valence-corrected chi connectivity index (χ1v) is 16.2. The van der Waals surface area contributed by atoms with Crippen LogP contribution in [0.4, 0.5) is 5.69 Å². The van der Waals surface area contributed by atoms with Gasteiger partial charge < -0.3 is 15.0 Å². The Labute approximate surface area is 258 Å². The molecule has 0 aliphatic rings. The summed E-state index contributed by atoms with van der Waals surface area (Å²) < 4.78 is 35.0. The minimum atomic E-state index is -4.20. The van der Waals surface area contributed by atoms with Gasteiger partial charge in [-0.25, -0.2) is 8.42 Å². The van der Waals surface area contributed by atoms with Gasteiger partial charge in [-0.3, -0.25) is 13.9 Å². The van der Waals surface area contributed by atoms with Crippen molar-refractivity contribution in [2.75, 3.05) is 24.5 Å². The van der Waals surface area contributed by atoms with Crippen LogP contribution in [0, 0.1) is 19.8 Å². The number of carbonyl (C=O) groups is 2. The minimum Gasteiger partial charge on any atom is -0.496 e. The predicted molar refractivity (Wildman–Crippen MR) is 170 cm³/mol. The van der Waals surface area contributed by atoms with Crippen molar-refractivity contribution in [1.29, 1.82) is 0 Å². The maximum absolute atomic E-state index is 14.2. The van der Waals surface area contributed by atoms with Crippen LogP contribution in [0.5, 0.6) is 5.75 Å². The number of methoxy groups -OCH3 is 1. The number of anilines is 1. The second kappa shape index (κ2) is 14.7. The molecule has 2 amide bonds. The third-order valence-corrected chi connectivity index (χ3v) is 9.25. The van der Waals surface area contributed by atoms with Gasteiger partial charge in [0.15, 0.2) is 0 Å². The topological polar surface area (TPSA) is 96.0 Å². The number of ether oxygens (including phenoxy) is 1. The number of halogens is 1. The molecule has 8 nitrogen and oxygen atoms in total. The maximum atomic E-state index is 14.2. The molecule has 0 fully saturated rings. The lowest BCUT2D eigenvalue weighted by atomic mass is 10.1. The lowest BCUT2D eigenvalue weighted by molar-refractivity contribution is -0.140. The normalized spacial score (nSPS) is 12.1. The first-order valence-electron chi connectivity index (χ1n) is 13.9. The van der Waals surface area contributed by atoms with E-state index in [1.807, 2.05) is 58.9 Å². The molecule has 42 heavy (non-hydrogen) atoms. The van der Waals surface area contributed by atoms with Crippen molar-refractivity contribution in [2.45, 2.75) is 58.5 Å². The van der Waals surface area contributed by atoms with Crippen molar-refractivity contribution in [3.63, 3.8) is 0 Å². The van der Waals surface area contributed by atoms with Crippen molar-refractivity contribution in [3.05, 3.63) is 87.9 Å². The zero-order valence-electron chi connectivity index (χ0n) is 25.1. The largest absolute Gasteiger partial charge is 0.496 e. The third-order valence-electron chi connectivity index (χ3n) is 6.86. The summed E-state index contributed by atoms with van der Waals surface area (Å²) in [5.41, 5.74) is 3.20. The molecule has 0 heterocycles. The van der Waals surface area contributed by atoms with Crippen LogP contribution in [0.2, 0.25) is 0 Å². The average molecular weight is 659 g/mol. The molecule has 1 N–H and O–H groups in total. The van der Waals surface area contributed by atoms with Crippen LogP contribution >= 0.6 is 15.9 Å². The zero-order valence-corrected chi connectivity index (χ0v) is 27.5. The fourth-order valence-electron chi connectivity index (χ4n) is 4.41. The van der Waals surface area contributed by atoms with Gasteiger partial charge in [0, 0.05) is 13.1 Å². The van der Waals surface area contributed by atoms with E-state index < -0.39 is 28.5 Å². The molecule has 0 aliphatic carbocycles. The third kappa shape index (κ3) is 8.35. The highest BCUT2D eigenvalue weighted by molar-refractivity contribution is 9.10. The van der Waals surface area contributed by atoms with Gasteiger partial charge in [0.2, 0.25) is 11.8 Å². The molecule has 3 aromatic rings. The zero-order chi connectivity index (χ0) is 31.0. The number of rotatable bonds is 13. The van der Waals surface area contributed by atoms with E-state index in [0.717, 1.165) is 21.0 Å². The van der Waals surface area contributed by atoms with E-state index in [4.69, 9.17) is 4.74 Å². The molecular weight excluding hydrogens is 618 g/mol. The number of carbonyl (C=O) groups excluding carboxylic acids is 2. The Balaban J connectivity index is 2.06. The van der Waals surface area contributed by atoms with Crippen molar-refractivity contribution < 1.29 is 22.7 Å². The highest BCUT2D eigenvalue weighted by Gasteiger charge is 2.34. The van der Waals surface area contributed by atoms with Gasteiger partial charge in [-0.1, -0.05) is 68.3 Å². The summed E-state index contributed by atoms with van der Waals surface area (Å²) in [6, 6.07) is 18.3. The van der Waals surface area contributed by atoms with Gasteiger partial charge >= 0.3 is 0 Å². The summed E-state index contributed by atoms with van der Waals surface area (Å²) in [6.45, 7) is 9.85. The van der Waals surface area contributed by atoms with Gasteiger partial charge in [0.05, 0.1) is 22.2 Å². The van der Waals surface area contributed by atoms with Crippen LogP contribution < -0.4 is 14.4 Å². The van der Waals surface area contributed by atoms with E-state index in [2.05, 4.69) is 21.2 Å². The highest BCUT2D eigenvalue weighted by Crippen LogP contribution is 2.31. The molecule has 0 bridgehead atoms. The number of nitrogens with one attached hydrogen (secondary N) is 1. The maximum Gasteiger partial charge on any atom is 0.264 e. The molecule has 0 radical (unpaired) electrons. The van der Waals surface area contributed by atoms with Crippen molar-refractivity contribution in [1.82, 2.24) is 10.2 Å². The molecule has 1 atom stereocenters. The lowest BCUT2D eigenvalue weighted by Crippen LogP contribution is -2.52. The number of aryl methyl sites for hydroxylation is 2. The first-order chi connectivity index (χ1) is 19.9. The molecule has 0 aromatic heterocycles. The van der Waals surface area contributed by atoms with E-state index in [1.54, 1.807) is 30.3 Å². The van der Waals surface area contributed by atoms with Gasteiger partial charge in [0.25, 0.3) is 10.0 Å². The second-order valence-electron chi connectivity index (χ2n) is 10.7. The van der Waals surface area contributed by atoms with Gasteiger partial charge in [-0.2, -0.15) is 0 Å². The van der Waals surface area contributed by atoms with Gasteiger partial charge in [-0.05, 0) is 78.0 Å².